The summed E-state index contributed by atoms with van der Waals surface area (Å²) in [6.07, 6.45) is 0. The minimum Gasteiger partial charge on any atom is -0.311 e. The van der Waals surface area contributed by atoms with Gasteiger partial charge in [0, 0.05) is 18.5 Å². The lowest BCUT2D eigenvalue weighted by Crippen LogP contribution is -2.42. The van der Waals surface area contributed by atoms with E-state index in [0.29, 0.717) is 10.9 Å². The zero-order chi connectivity index (χ0) is 23.6. The van der Waals surface area contributed by atoms with Gasteiger partial charge >= 0.3 is 0 Å². The Kier molecular flexibility index (Phi) is 5.99. The minimum absolute atomic E-state index is 0.00626. The number of pyridine rings is 1. The maximum absolute atomic E-state index is 12.7. The van der Waals surface area contributed by atoms with Crippen molar-refractivity contribution in [1.82, 2.24) is 15.4 Å². The van der Waals surface area contributed by atoms with Crippen LogP contribution in [0, 0.1) is 0 Å². The second-order valence-corrected chi connectivity index (χ2v) is 9.82. The Bertz CT molecular complexity index is 1530. The molecule has 4 aromatic rings. The Morgan fingerprint density at radius 1 is 0.879 bits per heavy atom. The molecule has 0 atom stereocenters. The summed E-state index contributed by atoms with van der Waals surface area (Å²) < 4.78 is 29.0. The minimum atomic E-state index is -3.87. The predicted octanol–water partition coefficient (Wildman–Crippen LogP) is 2.48. The van der Waals surface area contributed by atoms with Gasteiger partial charge in [0.1, 0.15) is 4.21 Å². The fraction of sp³-hybridized carbons (Fsp3) is 0.0455. The van der Waals surface area contributed by atoms with E-state index in [-0.39, 0.29) is 26.6 Å². The molecule has 0 aliphatic rings. The number of hydrogen-bond acceptors (Lipinski definition) is 6. The molecule has 11 heteroatoms. The Morgan fingerprint density at radius 3 is 2.27 bits per heavy atom. The Morgan fingerprint density at radius 2 is 1.55 bits per heavy atom. The molecule has 3 N–H and O–H groups in total. The number of anilines is 1. The lowest BCUT2D eigenvalue weighted by Gasteiger charge is -2.13. The molecule has 4 rings (SSSR count). The lowest BCUT2D eigenvalue weighted by molar-refractivity contribution is 0.0848. The molecule has 2 aromatic carbocycles. The van der Waals surface area contributed by atoms with Crippen LogP contribution < -0.4 is 21.1 Å². The number of aryl methyl sites for hydroxylation is 1. The van der Waals surface area contributed by atoms with Gasteiger partial charge in [0.25, 0.3) is 27.4 Å². The normalized spacial score (nSPS) is 11.2. The smallest absolute Gasteiger partial charge is 0.271 e. The maximum Gasteiger partial charge on any atom is 0.271 e. The molecular weight excluding hydrogens is 464 g/mol. The predicted molar refractivity (Wildman–Crippen MR) is 126 cm³/mol. The Labute approximate surface area is 192 Å². The molecule has 0 aliphatic carbocycles. The molecule has 33 heavy (non-hydrogen) atoms. The summed E-state index contributed by atoms with van der Waals surface area (Å²) in [4.78, 5) is 37.7. The van der Waals surface area contributed by atoms with E-state index in [1.165, 1.54) is 28.8 Å². The molecular formula is C22H18N4O5S2. The van der Waals surface area contributed by atoms with E-state index < -0.39 is 21.8 Å². The SMILES string of the molecule is Cn1c(=O)cc(C(=O)NNC(=O)c2ccccc2NS(=O)(=O)c2cccs2)c2ccccc21. The zero-order valence-corrected chi connectivity index (χ0v) is 18.9. The van der Waals surface area contributed by atoms with Crippen molar-refractivity contribution >= 4 is 49.8 Å². The molecule has 0 spiro atoms. The first kappa shape index (κ1) is 22.2. The first-order valence-corrected chi connectivity index (χ1v) is 12.0. The summed E-state index contributed by atoms with van der Waals surface area (Å²) in [5.41, 5.74) is 4.91. The number of nitrogens with zero attached hydrogens (tertiary/aromatic N) is 1. The number of carbonyl (C=O) groups excluding carboxylic acids is 2. The van der Waals surface area contributed by atoms with Crippen LogP contribution in [-0.4, -0.2) is 24.8 Å². The number of fused-ring (bicyclic) bond motifs is 1. The number of benzene rings is 2. The van der Waals surface area contributed by atoms with Crippen LogP contribution in [0.15, 0.2) is 81.1 Å². The van der Waals surface area contributed by atoms with Gasteiger partial charge in [0.2, 0.25) is 0 Å². The molecule has 2 aromatic heterocycles. The zero-order valence-electron chi connectivity index (χ0n) is 17.2. The van der Waals surface area contributed by atoms with Gasteiger partial charge in [0.15, 0.2) is 0 Å². The Balaban J connectivity index is 1.55. The molecule has 0 unspecified atom stereocenters. The highest BCUT2D eigenvalue weighted by molar-refractivity contribution is 7.94. The highest BCUT2D eigenvalue weighted by atomic mass is 32.2. The van der Waals surface area contributed by atoms with Gasteiger partial charge in [0.05, 0.1) is 22.3 Å². The molecule has 0 saturated carbocycles. The van der Waals surface area contributed by atoms with Crippen molar-refractivity contribution in [3.63, 3.8) is 0 Å². The summed E-state index contributed by atoms with van der Waals surface area (Å²) in [7, 11) is -2.27. The largest absolute Gasteiger partial charge is 0.311 e. The fourth-order valence-corrected chi connectivity index (χ4v) is 5.30. The standard InChI is InChI=1S/C22H18N4O5S2/c1-26-18-10-5-3-7-14(18)16(13-19(26)27)22(29)24-23-21(28)15-8-2-4-9-17(15)25-33(30,31)20-11-6-12-32-20/h2-13,25H,1H3,(H,23,28)(H,24,29). The quantitative estimate of drug-likeness (QED) is 0.377. The van der Waals surface area contributed by atoms with Gasteiger partial charge in [-0.05, 0) is 29.6 Å². The summed E-state index contributed by atoms with van der Waals surface area (Å²) in [5, 5.41) is 2.17. The second-order valence-electron chi connectivity index (χ2n) is 6.96. The van der Waals surface area contributed by atoms with Crippen molar-refractivity contribution in [1.29, 1.82) is 0 Å². The molecule has 0 radical (unpaired) electrons. The molecule has 0 fully saturated rings. The summed E-state index contributed by atoms with van der Waals surface area (Å²) in [5.74, 6) is -1.42. The van der Waals surface area contributed by atoms with Crippen molar-refractivity contribution in [3.8, 4) is 0 Å². The average Bonchev–Trinajstić information content (AvgIpc) is 3.36. The Hall–Kier alpha value is -3.96. The highest BCUT2D eigenvalue weighted by Gasteiger charge is 2.20. The third-order valence-corrected chi connectivity index (χ3v) is 7.63. The number of amides is 2. The first-order chi connectivity index (χ1) is 15.8. The van der Waals surface area contributed by atoms with E-state index in [0.717, 1.165) is 11.3 Å². The van der Waals surface area contributed by atoms with Crippen LogP contribution in [0.25, 0.3) is 10.9 Å². The van der Waals surface area contributed by atoms with Gasteiger partial charge in [-0.2, -0.15) is 0 Å². The van der Waals surface area contributed by atoms with Crippen LogP contribution in [-0.2, 0) is 17.1 Å². The number of rotatable bonds is 5. The number of thiophene rings is 1. The summed E-state index contributed by atoms with van der Waals surface area (Å²) in [6, 6.07) is 17.1. The van der Waals surface area contributed by atoms with Crippen LogP contribution >= 0.6 is 11.3 Å². The number of nitrogens with one attached hydrogen (secondary N) is 3. The van der Waals surface area contributed by atoms with Gasteiger partial charge in [-0.3, -0.25) is 30.0 Å². The molecule has 2 amide bonds. The van der Waals surface area contributed by atoms with Crippen LogP contribution in [0.5, 0.6) is 0 Å². The van der Waals surface area contributed by atoms with E-state index in [4.69, 9.17) is 0 Å². The topological polar surface area (TPSA) is 126 Å². The van der Waals surface area contributed by atoms with Gasteiger partial charge < -0.3 is 4.57 Å². The van der Waals surface area contributed by atoms with E-state index in [9.17, 15) is 22.8 Å². The maximum atomic E-state index is 12.7. The van der Waals surface area contributed by atoms with Crippen molar-refractivity contribution in [2.75, 3.05) is 4.72 Å². The molecule has 2 heterocycles. The van der Waals surface area contributed by atoms with E-state index in [1.54, 1.807) is 54.9 Å². The van der Waals surface area contributed by atoms with Gasteiger partial charge in [-0.25, -0.2) is 8.42 Å². The highest BCUT2D eigenvalue weighted by Crippen LogP contribution is 2.23. The van der Waals surface area contributed by atoms with Crippen molar-refractivity contribution in [2.24, 2.45) is 7.05 Å². The van der Waals surface area contributed by atoms with E-state index >= 15 is 0 Å². The molecule has 168 valence electrons. The number of aromatic nitrogens is 1. The van der Waals surface area contributed by atoms with E-state index in [2.05, 4.69) is 15.6 Å². The number of carbonyl (C=O) groups is 2. The third kappa shape index (κ3) is 4.49. The summed E-state index contributed by atoms with van der Waals surface area (Å²) >= 11 is 1.04. The number of sulfonamides is 1. The first-order valence-electron chi connectivity index (χ1n) is 9.63. The molecule has 0 aliphatic heterocycles. The fourth-order valence-electron chi connectivity index (χ4n) is 3.23. The number of hydrazine groups is 1. The van der Waals surface area contributed by atoms with Crippen LogP contribution in [0.4, 0.5) is 5.69 Å². The van der Waals surface area contributed by atoms with Gasteiger partial charge in [-0.1, -0.05) is 36.4 Å². The summed E-state index contributed by atoms with van der Waals surface area (Å²) in [6.45, 7) is 0. The monoisotopic (exact) mass is 482 g/mol. The van der Waals surface area contributed by atoms with Crippen LogP contribution in [0.2, 0.25) is 0 Å². The average molecular weight is 483 g/mol. The van der Waals surface area contributed by atoms with Crippen molar-refractivity contribution < 1.29 is 18.0 Å². The van der Waals surface area contributed by atoms with Crippen molar-refractivity contribution in [2.45, 2.75) is 4.21 Å². The van der Waals surface area contributed by atoms with Crippen LogP contribution in [0.3, 0.4) is 0 Å². The van der Waals surface area contributed by atoms with Crippen LogP contribution in [0.1, 0.15) is 20.7 Å². The van der Waals surface area contributed by atoms with E-state index in [1.807, 2.05) is 0 Å². The lowest BCUT2D eigenvalue weighted by atomic mass is 10.1. The van der Waals surface area contributed by atoms with Crippen molar-refractivity contribution in [3.05, 3.63) is 93.6 Å². The molecule has 9 nitrogen and oxygen atoms in total. The molecule has 0 bridgehead atoms. The third-order valence-electron chi connectivity index (χ3n) is 4.86. The number of hydrogen-bond donors (Lipinski definition) is 3. The number of para-hydroxylation sites is 2. The van der Waals surface area contributed by atoms with Gasteiger partial charge in [-0.15, -0.1) is 11.3 Å². The second kappa shape index (κ2) is 8.88. The molecule has 0 saturated heterocycles.